The van der Waals surface area contributed by atoms with E-state index in [1.807, 2.05) is 0 Å². The van der Waals surface area contributed by atoms with Gasteiger partial charge in [0.1, 0.15) is 12.3 Å². The summed E-state index contributed by atoms with van der Waals surface area (Å²) in [5.41, 5.74) is 0.992. The molecule has 0 fully saturated rings. The lowest BCUT2D eigenvalue weighted by atomic mass is 10.2. The molecule has 0 aliphatic heterocycles. The molecule has 0 aliphatic carbocycles. The van der Waals surface area contributed by atoms with E-state index in [0.29, 0.717) is 33.5 Å². The highest BCUT2D eigenvalue weighted by molar-refractivity contribution is 6.33. The maximum Gasteiger partial charge on any atom is 0.323 e. The Morgan fingerprint density at radius 3 is 2.83 bits per heavy atom. The van der Waals surface area contributed by atoms with Crippen molar-refractivity contribution in [2.75, 3.05) is 7.11 Å². The number of aromatic nitrogens is 1. The van der Waals surface area contributed by atoms with Gasteiger partial charge in [-0.25, -0.2) is 0 Å². The molecule has 0 aliphatic rings. The number of nitrogens with zero attached hydrogens (tertiary/aromatic N) is 1. The lowest BCUT2D eigenvalue weighted by Gasteiger charge is -2.05. The Balaban J connectivity index is 2.71. The molecule has 2 aromatic rings. The van der Waals surface area contributed by atoms with Gasteiger partial charge in [-0.3, -0.25) is 9.59 Å². The number of methoxy groups -OCH3 is 1. The number of rotatable bonds is 4. The zero-order chi connectivity index (χ0) is 13.3. The molecule has 0 spiro atoms. The highest BCUT2D eigenvalue weighted by Crippen LogP contribution is 2.32. The van der Waals surface area contributed by atoms with Crippen LogP contribution in [0.5, 0.6) is 5.75 Å². The molecule has 2 rings (SSSR count). The van der Waals surface area contributed by atoms with E-state index >= 15 is 0 Å². The average molecular weight is 268 g/mol. The molecule has 0 unspecified atom stereocenters. The standard InChI is InChI=1S/C12H10ClNO4/c1-18-11-2-8-7(6-15)4-14(5-12(16)17)10(8)3-9(11)13/h2-4,6H,5H2,1H3,(H,16,17). The maximum absolute atomic E-state index is 11.0. The number of fused-ring (bicyclic) bond motifs is 1. The van der Waals surface area contributed by atoms with E-state index < -0.39 is 5.97 Å². The summed E-state index contributed by atoms with van der Waals surface area (Å²) in [6, 6.07) is 3.21. The van der Waals surface area contributed by atoms with Crippen molar-refractivity contribution in [3.05, 3.63) is 28.9 Å². The molecule has 0 radical (unpaired) electrons. The molecule has 5 nitrogen and oxygen atoms in total. The minimum Gasteiger partial charge on any atom is -0.495 e. The third-order valence-corrected chi connectivity index (χ3v) is 2.91. The number of carboxylic acids is 1. The van der Waals surface area contributed by atoms with E-state index in [2.05, 4.69) is 0 Å². The van der Waals surface area contributed by atoms with Crippen LogP contribution in [0.3, 0.4) is 0 Å². The van der Waals surface area contributed by atoms with E-state index in [4.69, 9.17) is 21.4 Å². The number of benzene rings is 1. The molecule has 1 N–H and O–H groups in total. The summed E-state index contributed by atoms with van der Waals surface area (Å²) < 4.78 is 6.53. The number of aldehydes is 1. The van der Waals surface area contributed by atoms with Crippen LogP contribution in [0.4, 0.5) is 0 Å². The molecular weight excluding hydrogens is 258 g/mol. The highest BCUT2D eigenvalue weighted by atomic mass is 35.5. The highest BCUT2D eigenvalue weighted by Gasteiger charge is 2.13. The molecule has 1 heterocycles. The Hall–Kier alpha value is -2.01. The monoisotopic (exact) mass is 267 g/mol. The van der Waals surface area contributed by atoms with Gasteiger partial charge >= 0.3 is 5.97 Å². The van der Waals surface area contributed by atoms with E-state index in [9.17, 15) is 9.59 Å². The summed E-state index contributed by atoms with van der Waals surface area (Å²) in [7, 11) is 1.47. The van der Waals surface area contributed by atoms with Gasteiger partial charge in [-0.1, -0.05) is 11.6 Å². The maximum atomic E-state index is 11.0. The van der Waals surface area contributed by atoms with Gasteiger partial charge in [-0.15, -0.1) is 0 Å². The number of carbonyl (C=O) groups excluding carboxylic acids is 1. The van der Waals surface area contributed by atoms with Crippen molar-refractivity contribution in [3.8, 4) is 5.75 Å². The van der Waals surface area contributed by atoms with Gasteiger partial charge < -0.3 is 14.4 Å². The Kier molecular flexibility index (Phi) is 3.25. The van der Waals surface area contributed by atoms with Crippen molar-refractivity contribution in [2.24, 2.45) is 0 Å². The van der Waals surface area contributed by atoms with Crippen LogP contribution in [-0.4, -0.2) is 29.0 Å². The lowest BCUT2D eigenvalue weighted by Crippen LogP contribution is -2.07. The molecule has 0 saturated carbocycles. The minimum absolute atomic E-state index is 0.229. The fraction of sp³-hybridized carbons (Fsp3) is 0.167. The third-order valence-electron chi connectivity index (χ3n) is 2.62. The van der Waals surface area contributed by atoms with Crippen molar-refractivity contribution in [1.82, 2.24) is 4.57 Å². The second-order valence-electron chi connectivity index (χ2n) is 3.73. The second kappa shape index (κ2) is 4.70. The molecule has 0 atom stereocenters. The largest absolute Gasteiger partial charge is 0.495 e. The van der Waals surface area contributed by atoms with Crippen molar-refractivity contribution in [1.29, 1.82) is 0 Å². The number of carbonyl (C=O) groups is 2. The SMILES string of the molecule is COc1cc2c(C=O)cn(CC(=O)O)c2cc1Cl. The topological polar surface area (TPSA) is 68.5 Å². The van der Waals surface area contributed by atoms with Crippen LogP contribution >= 0.6 is 11.6 Å². The number of aliphatic carboxylic acids is 1. The van der Waals surface area contributed by atoms with E-state index in [0.717, 1.165) is 0 Å². The molecular formula is C12H10ClNO4. The van der Waals surface area contributed by atoms with Crippen LogP contribution in [0.1, 0.15) is 10.4 Å². The van der Waals surface area contributed by atoms with Crippen molar-refractivity contribution in [2.45, 2.75) is 6.54 Å². The molecule has 6 heteroatoms. The van der Waals surface area contributed by atoms with E-state index in [1.165, 1.54) is 17.9 Å². The summed E-state index contributed by atoms with van der Waals surface area (Å²) >= 11 is 5.99. The predicted molar refractivity (Wildman–Crippen MR) is 66.5 cm³/mol. The van der Waals surface area contributed by atoms with Gasteiger partial charge in [0.25, 0.3) is 0 Å². The first-order chi connectivity index (χ1) is 8.56. The minimum atomic E-state index is -0.990. The van der Waals surface area contributed by atoms with Crippen molar-refractivity contribution >= 4 is 34.8 Å². The fourth-order valence-corrected chi connectivity index (χ4v) is 2.08. The summed E-state index contributed by atoms with van der Waals surface area (Å²) in [6.45, 7) is -0.229. The molecule has 0 saturated heterocycles. The smallest absolute Gasteiger partial charge is 0.323 e. The number of hydrogen-bond acceptors (Lipinski definition) is 3. The van der Waals surface area contributed by atoms with Crippen molar-refractivity contribution in [3.63, 3.8) is 0 Å². The second-order valence-corrected chi connectivity index (χ2v) is 4.14. The molecule has 0 amide bonds. The number of halogens is 1. The number of hydrogen-bond donors (Lipinski definition) is 1. The Bertz CT molecular complexity index is 633. The summed E-state index contributed by atoms with van der Waals surface area (Å²) in [5.74, 6) is -0.545. The average Bonchev–Trinajstić information content (AvgIpc) is 2.65. The normalized spacial score (nSPS) is 10.6. The first-order valence-corrected chi connectivity index (χ1v) is 5.48. The van der Waals surface area contributed by atoms with Gasteiger partial charge in [0.05, 0.1) is 17.6 Å². The Morgan fingerprint density at radius 2 is 2.28 bits per heavy atom. The van der Waals surface area contributed by atoms with Gasteiger partial charge in [-0.05, 0) is 12.1 Å². The molecule has 18 heavy (non-hydrogen) atoms. The van der Waals surface area contributed by atoms with Crippen LogP contribution in [0.15, 0.2) is 18.3 Å². The van der Waals surface area contributed by atoms with Crippen LogP contribution in [0.2, 0.25) is 5.02 Å². The number of carboxylic acid groups (broad SMARTS) is 1. The molecule has 94 valence electrons. The molecule has 1 aromatic carbocycles. The number of ether oxygens (including phenoxy) is 1. The van der Waals surface area contributed by atoms with Gasteiger partial charge in [0.2, 0.25) is 0 Å². The van der Waals surface area contributed by atoms with E-state index in [1.54, 1.807) is 12.1 Å². The third kappa shape index (κ3) is 2.04. The zero-order valence-electron chi connectivity index (χ0n) is 9.51. The zero-order valence-corrected chi connectivity index (χ0v) is 10.3. The van der Waals surface area contributed by atoms with Gasteiger partial charge in [0, 0.05) is 17.1 Å². The van der Waals surface area contributed by atoms with Crippen LogP contribution in [-0.2, 0) is 11.3 Å². The van der Waals surface area contributed by atoms with Gasteiger partial charge in [0.15, 0.2) is 6.29 Å². The lowest BCUT2D eigenvalue weighted by molar-refractivity contribution is -0.137. The first kappa shape index (κ1) is 12.4. The van der Waals surface area contributed by atoms with Crippen LogP contribution in [0, 0.1) is 0 Å². The predicted octanol–water partition coefficient (Wildman–Crippen LogP) is 2.20. The first-order valence-electron chi connectivity index (χ1n) is 5.10. The fourth-order valence-electron chi connectivity index (χ4n) is 1.85. The van der Waals surface area contributed by atoms with Crippen LogP contribution < -0.4 is 4.74 Å². The molecule has 1 aromatic heterocycles. The van der Waals surface area contributed by atoms with Gasteiger partial charge in [-0.2, -0.15) is 0 Å². The Morgan fingerprint density at radius 1 is 1.56 bits per heavy atom. The van der Waals surface area contributed by atoms with E-state index in [-0.39, 0.29) is 6.54 Å². The molecule has 0 bridgehead atoms. The van der Waals surface area contributed by atoms with Crippen molar-refractivity contribution < 1.29 is 19.4 Å². The van der Waals surface area contributed by atoms with Crippen LogP contribution in [0.25, 0.3) is 10.9 Å². The summed E-state index contributed by atoms with van der Waals surface area (Å²) in [4.78, 5) is 21.7. The summed E-state index contributed by atoms with van der Waals surface area (Å²) in [5, 5.41) is 9.80. The quantitative estimate of drug-likeness (QED) is 0.862. The summed E-state index contributed by atoms with van der Waals surface area (Å²) in [6.07, 6.45) is 2.16. The Labute approximate surface area is 108 Å².